The van der Waals surface area contributed by atoms with Crippen LogP contribution in [0.15, 0.2) is 59.6 Å². The number of nitrogens with zero attached hydrogens (tertiary/aromatic N) is 1. The average Bonchev–Trinajstić information content (AvgIpc) is 2.61. The lowest BCUT2D eigenvalue weighted by Gasteiger charge is -2.19. The smallest absolute Gasteiger partial charge is 0.125 e. The molecule has 0 atom stereocenters. The first-order valence-corrected chi connectivity index (χ1v) is 7.71. The van der Waals surface area contributed by atoms with Crippen LogP contribution in [0.3, 0.4) is 0 Å². The Kier molecular flexibility index (Phi) is 3.27. The first kappa shape index (κ1) is 13.8. The van der Waals surface area contributed by atoms with Crippen molar-refractivity contribution in [1.29, 1.82) is 0 Å². The predicted molar refractivity (Wildman–Crippen MR) is 92.8 cm³/mol. The molecule has 3 heteroatoms. The Morgan fingerprint density at radius 3 is 2.78 bits per heavy atom. The van der Waals surface area contributed by atoms with Gasteiger partial charge < -0.3 is 9.84 Å². The van der Waals surface area contributed by atoms with Crippen molar-refractivity contribution < 1.29 is 9.84 Å². The third-order valence-corrected chi connectivity index (χ3v) is 4.37. The Morgan fingerprint density at radius 2 is 1.91 bits per heavy atom. The van der Waals surface area contributed by atoms with Crippen molar-refractivity contribution in [2.24, 2.45) is 4.99 Å². The van der Waals surface area contributed by atoms with Crippen LogP contribution in [0.2, 0.25) is 0 Å². The van der Waals surface area contributed by atoms with Crippen LogP contribution in [0, 0.1) is 0 Å². The number of aromatic hydroxyl groups is 1. The van der Waals surface area contributed by atoms with Gasteiger partial charge in [0.2, 0.25) is 0 Å². The van der Waals surface area contributed by atoms with Crippen LogP contribution in [-0.2, 0) is 6.42 Å². The van der Waals surface area contributed by atoms with Crippen molar-refractivity contribution in [3.8, 4) is 11.5 Å². The molecule has 3 nitrogen and oxygen atoms in total. The molecule has 1 aliphatic heterocycles. The van der Waals surface area contributed by atoms with E-state index in [9.17, 15) is 5.11 Å². The fourth-order valence-electron chi connectivity index (χ4n) is 3.23. The SMILES string of the molecule is COc1ccc2c(C3=NCCc4ccccc43)c(O)ccc2c1. The Labute approximate surface area is 134 Å². The first-order valence-electron chi connectivity index (χ1n) is 7.71. The molecule has 3 aromatic carbocycles. The molecule has 1 N–H and O–H groups in total. The molecule has 0 fully saturated rings. The highest BCUT2D eigenvalue weighted by Crippen LogP contribution is 2.33. The van der Waals surface area contributed by atoms with E-state index in [1.165, 1.54) is 5.56 Å². The molecule has 3 aromatic rings. The van der Waals surface area contributed by atoms with Gasteiger partial charge in [-0.25, -0.2) is 0 Å². The number of phenolic OH excluding ortho intramolecular Hbond substituents is 1. The van der Waals surface area contributed by atoms with Gasteiger partial charge in [-0.3, -0.25) is 4.99 Å². The van der Waals surface area contributed by atoms with Crippen LogP contribution in [0.4, 0.5) is 0 Å². The summed E-state index contributed by atoms with van der Waals surface area (Å²) in [5.41, 5.74) is 4.07. The lowest BCUT2D eigenvalue weighted by Crippen LogP contribution is -2.14. The lowest BCUT2D eigenvalue weighted by atomic mass is 9.90. The molecule has 0 bridgehead atoms. The molecule has 114 valence electrons. The maximum absolute atomic E-state index is 10.5. The summed E-state index contributed by atoms with van der Waals surface area (Å²) in [6, 6.07) is 17.8. The van der Waals surface area contributed by atoms with Crippen molar-refractivity contribution in [2.75, 3.05) is 13.7 Å². The molecule has 0 unspecified atom stereocenters. The lowest BCUT2D eigenvalue weighted by molar-refractivity contribution is 0.415. The van der Waals surface area contributed by atoms with Crippen molar-refractivity contribution in [3.63, 3.8) is 0 Å². The second-order valence-electron chi connectivity index (χ2n) is 5.68. The van der Waals surface area contributed by atoms with Crippen molar-refractivity contribution in [3.05, 3.63) is 71.3 Å². The van der Waals surface area contributed by atoms with Crippen molar-refractivity contribution >= 4 is 16.5 Å². The molecule has 1 aliphatic rings. The number of ether oxygens (including phenoxy) is 1. The number of benzene rings is 3. The van der Waals surface area contributed by atoms with E-state index >= 15 is 0 Å². The number of hydrogen-bond donors (Lipinski definition) is 1. The fraction of sp³-hybridized carbons (Fsp3) is 0.150. The monoisotopic (exact) mass is 303 g/mol. The van der Waals surface area contributed by atoms with Crippen LogP contribution < -0.4 is 4.74 Å². The summed E-state index contributed by atoms with van der Waals surface area (Å²) in [7, 11) is 1.66. The first-order chi connectivity index (χ1) is 11.3. The summed E-state index contributed by atoms with van der Waals surface area (Å²) in [5.74, 6) is 1.07. The Morgan fingerprint density at radius 1 is 1.04 bits per heavy atom. The van der Waals surface area contributed by atoms with Gasteiger partial charge >= 0.3 is 0 Å². The van der Waals surface area contributed by atoms with E-state index in [0.29, 0.717) is 0 Å². The minimum absolute atomic E-state index is 0.262. The summed E-state index contributed by atoms with van der Waals surface area (Å²) in [6.07, 6.45) is 0.943. The highest BCUT2D eigenvalue weighted by atomic mass is 16.5. The van der Waals surface area contributed by atoms with Crippen molar-refractivity contribution in [2.45, 2.75) is 6.42 Å². The van der Waals surface area contributed by atoms with Gasteiger partial charge in [-0.1, -0.05) is 30.3 Å². The highest BCUT2D eigenvalue weighted by Gasteiger charge is 2.20. The third kappa shape index (κ3) is 2.25. The van der Waals surface area contributed by atoms with Gasteiger partial charge in [-0.15, -0.1) is 0 Å². The van der Waals surface area contributed by atoms with Gasteiger partial charge in [0.05, 0.1) is 12.8 Å². The number of phenols is 1. The zero-order valence-electron chi connectivity index (χ0n) is 12.9. The molecule has 4 rings (SSSR count). The van der Waals surface area contributed by atoms with E-state index in [1.54, 1.807) is 13.2 Å². The number of aliphatic imine (C=N–C) groups is 1. The standard InChI is InChI=1S/C20H17NO2/c1-23-15-7-8-16-14(12-15)6-9-18(22)19(16)20-17-5-3-2-4-13(17)10-11-21-20/h2-9,12,22H,10-11H2,1H3. The van der Waals surface area contributed by atoms with Crippen LogP contribution in [0.5, 0.6) is 11.5 Å². The summed E-state index contributed by atoms with van der Waals surface area (Å²) in [4.78, 5) is 4.72. The van der Waals surface area contributed by atoms with Crippen LogP contribution in [0.1, 0.15) is 16.7 Å². The van der Waals surface area contributed by atoms with Gasteiger partial charge in [-0.05, 0) is 47.0 Å². The molecule has 0 aromatic heterocycles. The van der Waals surface area contributed by atoms with E-state index in [0.717, 1.165) is 46.3 Å². The topological polar surface area (TPSA) is 41.8 Å². The minimum atomic E-state index is 0.262. The van der Waals surface area contributed by atoms with Crippen LogP contribution >= 0.6 is 0 Å². The molecule has 0 radical (unpaired) electrons. The maximum Gasteiger partial charge on any atom is 0.125 e. The zero-order valence-corrected chi connectivity index (χ0v) is 12.9. The molecule has 0 saturated carbocycles. The second kappa shape index (κ2) is 5.43. The number of rotatable bonds is 2. The summed E-state index contributed by atoms with van der Waals surface area (Å²) in [5, 5.41) is 12.5. The number of hydrogen-bond acceptors (Lipinski definition) is 3. The molecule has 23 heavy (non-hydrogen) atoms. The van der Waals surface area contributed by atoms with E-state index in [-0.39, 0.29) is 5.75 Å². The minimum Gasteiger partial charge on any atom is -0.507 e. The normalized spacial score (nSPS) is 13.5. The third-order valence-electron chi connectivity index (χ3n) is 4.37. The van der Waals surface area contributed by atoms with Gasteiger partial charge in [0, 0.05) is 17.7 Å². The van der Waals surface area contributed by atoms with E-state index in [1.807, 2.05) is 30.3 Å². The van der Waals surface area contributed by atoms with Crippen molar-refractivity contribution in [1.82, 2.24) is 0 Å². The number of methoxy groups -OCH3 is 1. The van der Waals surface area contributed by atoms with E-state index in [4.69, 9.17) is 9.73 Å². The Hall–Kier alpha value is -2.81. The molecule has 0 aliphatic carbocycles. The van der Waals surface area contributed by atoms with Gasteiger partial charge in [0.15, 0.2) is 0 Å². The molecule has 0 amide bonds. The number of fused-ring (bicyclic) bond motifs is 2. The van der Waals surface area contributed by atoms with E-state index < -0.39 is 0 Å². The summed E-state index contributed by atoms with van der Waals surface area (Å²) < 4.78 is 5.30. The Bertz CT molecular complexity index is 928. The van der Waals surface area contributed by atoms with E-state index in [2.05, 4.69) is 18.2 Å². The predicted octanol–water partition coefficient (Wildman–Crippen LogP) is 3.95. The fourth-order valence-corrected chi connectivity index (χ4v) is 3.23. The summed E-state index contributed by atoms with van der Waals surface area (Å²) in [6.45, 7) is 0.748. The molecular formula is C20H17NO2. The molecule has 0 saturated heterocycles. The second-order valence-corrected chi connectivity index (χ2v) is 5.68. The van der Waals surface area contributed by atoms with Gasteiger partial charge in [0.1, 0.15) is 11.5 Å². The van der Waals surface area contributed by atoms with Crippen LogP contribution in [0.25, 0.3) is 10.8 Å². The quantitative estimate of drug-likeness (QED) is 0.779. The molecule has 1 heterocycles. The Balaban J connectivity index is 1.99. The van der Waals surface area contributed by atoms with Crippen LogP contribution in [-0.4, -0.2) is 24.5 Å². The highest BCUT2D eigenvalue weighted by molar-refractivity contribution is 6.22. The maximum atomic E-state index is 10.5. The van der Waals surface area contributed by atoms with Gasteiger partial charge in [0.25, 0.3) is 0 Å². The zero-order chi connectivity index (χ0) is 15.8. The molecule has 0 spiro atoms. The average molecular weight is 303 g/mol. The molecular weight excluding hydrogens is 286 g/mol. The van der Waals surface area contributed by atoms with Gasteiger partial charge in [-0.2, -0.15) is 0 Å². The largest absolute Gasteiger partial charge is 0.507 e. The summed E-state index contributed by atoms with van der Waals surface area (Å²) >= 11 is 0.